The Bertz CT molecular complexity index is 402. The molecule has 2 heteroatoms. The Morgan fingerprint density at radius 2 is 1.60 bits per heavy atom. The fraction of sp³-hybridized carbons (Fsp3) is 0.667. The van der Waals surface area contributed by atoms with E-state index in [4.69, 9.17) is 0 Å². The lowest BCUT2D eigenvalue weighted by Crippen LogP contribution is -2.25. The second kappa shape index (κ2) is 6.73. The molecule has 1 saturated carbocycles. The Kier molecular flexibility index (Phi) is 4.74. The molecule has 1 N–H and O–H groups in total. The van der Waals surface area contributed by atoms with Crippen molar-refractivity contribution in [2.24, 2.45) is 0 Å². The van der Waals surface area contributed by atoms with Gasteiger partial charge < -0.3 is 10.0 Å². The molecule has 1 aromatic carbocycles. The first-order valence-corrected chi connectivity index (χ1v) is 8.33. The molecule has 3 rings (SSSR count). The zero-order valence-electron chi connectivity index (χ0n) is 12.4. The van der Waals surface area contributed by atoms with Crippen LogP contribution in [0.4, 0.5) is 0 Å². The normalized spacial score (nSPS) is 23.1. The average molecular weight is 273 g/mol. The van der Waals surface area contributed by atoms with Gasteiger partial charge in [-0.05, 0) is 55.8 Å². The van der Waals surface area contributed by atoms with Gasteiger partial charge in [-0.3, -0.25) is 0 Å². The molecule has 1 aromatic rings. The van der Waals surface area contributed by atoms with Gasteiger partial charge >= 0.3 is 0 Å². The van der Waals surface area contributed by atoms with Gasteiger partial charge in [0.25, 0.3) is 0 Å². The molecule has 2 fully saturated rings. The fourth-order valence-electron chi connectivity index (χ4n) is 3.74. The molecule has 1 aliphatic heterocycles. The minimum atomic E-state index is -0.325. The maximum Gasteiger partial charge on any atom is 0.0916 e. The van der Waals surface area contributed by atoms with Gasteiger partial charge in [0.15, 0.2) is 0 Å². The Balaban J connectivity index is 1.59. The van der Waals surface area contributed by atoms with Crippen molar-refractivity contribution in [1.82, 2.24) is 4.90 Å². The highest BCUT2D eigenvalue weighted by molar-refractivity contribution is 5.27. The summed E-state index contributed by atoms with van der Waals surface area (Å²) in [6, 6.07) is 8.78. The van der Waals surface area contributed by atoms with E-state index in [0.29, 0.717) is 0 Å². The highest BCUT2D eigenvalue weighted by Gasteiger charge is 2.18. The number of likely N-dealkylation sites (tertiary alicyclic amines) is 1. The molecule has 20 heavy (non-hydrogen) atoms. The van der Waals surface area contributed by atoms with Crippen molar-refractivity contribution in [3.8, 4) is 0 Å². The number of hydrogen-bond donors (Lipinski definition) is 1. The summed E-state index contributed by atoms with van der Waals surface area (Å²) in [5.74, 6) is 0.758. The number of benzene rings is 1. The SMILES string of the molecule is OC(CN1CCCC1)c1ccc(C2CCCCC2)cc1. The highest BCUT2D eigenvalue weighted by Crippen LogP contribution is 2.33. The molecule has 2 nitrogen and oxygen atoms in total. The van der Waals surface area contributed by atoms with Gasteiger partial charge in [0.05, 0.1) is 6.10 Å². The van der Waals surface area contributed by atoms with E-state index in [9.17, 15) is 5.11 Å². The van der Waals surface area contributed by atoms with Crippen LogP contribution in [0.1, 0.15) is 68.1 Å². The van der Waals surface area contributed by atoms with Crippen LogP contribution in [0.25, 0.3) is 0 Å². The van der Waals surface area contributed by atoms with Crippen LogP contribution in [0, 0.1) is 0 Å². The van der Waals surface area contributed by atoms with Gasteiger partial charge in [-0.1, -0.05) is 43.5 Å². The lowest BCUT2D eigenvalue weighted by Gasteiger charge is -2.23. The third kappa shape index (κ3) is 3.42. The van der Waals surface area contributed by atoms with Crippen LogP contribution in [-0.4, -0.2) is 29.6 Å². The minimum Gasteiger partial charge on any atom is -0.387 e. The summed E-state index contributed by atoms with van der Waals surface area (Å²) in [6.07, 6.45) is 9.09. The lowest BCUT2D eigenvalue weighted by atomic mass is 9.84. The van der Waals surface area contributed by atoms with Gasteiger partial charge in [0, 0.05) is 6.54 Å². The minimum absolute atomic E-state index is 0.325. The molecule has 1 atom stereocenters. The molecule has 0 bridgehead atoms. The summed E-state index contributed by atoms with van der Waals surface area (Å²) in [7, 11) is 0. The van der Waals surface area contributed by atoms with E-state index in [1.54, 1.807) is 0 Å². The van der Waals surface area contributed by atoms with Crippen molar-refractivity contribution < 1.29 is 5.11 Å². The van der Waals surface area contributed by atoms with E-state index >= 15 is 0 Å². The summed E-state index contributed by atoms with van der Waals surface area (Å²) in [4.78, 5) is 2.37. The Morgan fingerprint density at radius 3 is 2.25 bits per heavy atom. The van der Waals surface area contributed by atoms with Crippen LogP contribution < -0.4 is 0 Å². The number of aliphatic hydroxyl groups excluding tert-OH is 1. The highest BCUT2D eigenvalue weighted by atomic mass is 16.3. The molecule has 1 aliphatic carbocycles. The molecular formula is C18H27NO. The molecular weight excluding hydrogens is 246 g/mol. The van der Waals surface area contributed by atoms with E-state index in [1.807, 2.05) is 0 Å². The molecule has 0 radical (unpaired) electrons. The first-order valence-electron chi connectivity index (χ1n) is 8.33. The number of aliphatic hydroxyl groups is 1. The largest absolute Gasteiger partial charge is 0.387 e. The van der Waals surface area contributed by atoms with Crippen LogP contribution in [0.3, 0.4) is 0 Å². The Morgan fingerprint density at radius 1 is 0.950 bits per heavy atom. The second-order valence-electron chi connectivity index (χ2n) is 6.53. The molecule has 1 heterocycles. The molecule has 2 aliphatic rings. The van der Waals surface area contributed by atoms with E-state index < -0.39 is 0 Å². The predicted octanol–water partition coefficient (Wildman–Crippen LogP) is 3.86. The van der Waals surface area contributed by atoms with Crippen LogP contribution in [0.2, 0.25) is 0 Å². The van der Waals surface area contributed by atoms with Crippen LogP contribution in [0.5, 0.6) is 0 Å². The summed E-state index contributed by atoms with van der Waals surface area (Å²) >= 11 is 0. The maximum absolute atomic E-state index is 10.3. The van der Waals surface area contributed by atoms with Crippen LogP contribution >= 0.6 is 0 Å². The van der Waals surface area contributed by atoms with Gasteiger partial charge in [-0.15, -0.1) is 0 Å². The van der Waals surface area contributed by atoms with Crippen molar-refractivity contribution in [2.75, 3.05) is 19.6 Å². The molecule has 0 aromatic heterocycles. The third-order valence-corrected chi connectivity index (χ3v) is 5.03. The molecule has 1 unspecified atom stereocenters. The van der Waals surface area contributed by atoms with Crippen LogP contribution in [-0.2, 0) is 0 Å². The number of hydrogen-bond acceptors (Lipinski definition) is 2. The molecule has 110 valence electrons. The number of rotatable bonds is 4. The number of nitrogens with zero attached hydrogens (tertiary/aromatic N) is 1. The lowest BCUT2D eigenvalue weighted by molar-refractivity contribution is 0.126. The van der Waals surface area contributed by atoms with Gasteiger partial charge in [0.2, 0.25) is 0 Å². The van der Waals surface area contributed by atoms with Crippen molar-refractivity contribution in [1.29, 1.82) is 0 Å². The summed E-state index contributed by atoms with van der Waals surface area (Å²) in [6.45, 7) is 3.09. The zero-order chi connectivity index (χ0) is 13.8. The molecule has 0 amide bonds. The van der Waals surface area contributed by atoms with Gasteiger partial charge in [-0.25, -0.2) is 0 Å². The Hall–Kier alpha value is -0.860. The van der Waals surface area contributed by atoms with E-state index in [1.165, 1.54) is 50.5 Å². The summed E-state index contributed by atoms with van der Waals surface area (Å²) < 4.78 is 0. The first kappa shape index (κ1) is 14.1. The van der Waals surface area contributed by atoms with E-state index in [-0.39, 0.29) is 6.10 Å². The second-order valence-corrected chi connectivity index (χ2v) is 6.53. The number of β-amino-alcohol motifs (C(OH)–C–C–N with tert-alkyl or cyclic N) is 1. The predicted molar refractivity (Wildman–Crippen MR) is 82.9 cm³/mol. The quantitative estimate of drug-likeness (QED) is 0.900. The maximum atomic E-state index is 10.3. The molecule has 0 spiro atoms. The van der Waals surface area contributed by atoms with E-state index in [2.05, 4.69) is 29.2 Å². The molecule has 1 saturated heterocycles. The van der Waals surface area contributed by atoms with Gasteiger partial charge in [0.1, 0.15) is 0 Å². The van der Waals surface area contributed by atoms with E-state index in [0.717, 1.165) is 31.1 Å². The van der Waals surface area contributed by atoms with Crippen LogP contribution in [0.15, 0.2) is 24.3 Å². The average Bonchev–Trinajstić information content (AvgIpc) is 3.01. The third-order valence-electron chi connectivity index (χ3n) is 5.03. The Labute approximate surface area is 122 Å². The van der Waals surface area contributed by atoms with Crippen molar-refractivity contribution in [3.63, 3.8) is 0 Å². The topological polar surface area (TPSA) is 23.5 Å². The zero-order valence-corrected chi connectivity index (χ0v) is 12.4. The summed E-state index contributed by atoms with van der Waals surface area (Å²) in [5.41, 5.74) is 2.55. The monoisotopic (exact) mass is 273 g/mol. The summed E-state index contributed by atoms with van der Waals surface area (Å²) in [5, 5.41) is 10.3. The van der Waals surface area contributed by atoms with Crippen molar-refractivity contribution in [2.45, 2.75) is 57.0 Å². The van der Waals surface area contributed by atoms with Crippen molar-refractivity contribution in [3.05, 3.63) is 35.4 Å². The smallest absolute Gasteiger partial charge is 0.0916 e. The van der Waals surface area contributed by atoms with Crippen molar-refractivity contribution >= 4 is 0 Å². The van der Waals surface area contributed by atoms with Gasteiger partial charge in [-0.2, -0.15) is 0 Å². The fourth-order valence-corrected chi connectivity index (χ4v) is 3.74. The first-order chi connectivity index (χ1) is 9.83. The standard InChI is InChI=1S/C18H27NO/c20-18(14-19-12-4-5-13-19)17-10-8-16(9-11-17)15-6-2-1-3-7-15/h8-11,15,18,20H,1-7,12-14H2.